The number of ketones is 1. The number of H-pyrrole nitrogens is 1. The SMILES string of the molecule is N#Cc1c2c3c(c(Nc4ccc(CCO)cc4)ccc3[nH]c1=O)C(=O)c1ccccc1-2. The fourth-order valence-electron chi connectivity index (χ4n) is 4.18. The molecule has 0 radical (unpaired) electrons. The zero-order valence-electron chi connectivity index (χ0n) is 16.4. The lowest BCUT2D eigenvalue weighted by molar-refractivity contribution is 0.104. The van der Waals surface area contributed by atoms with Crippen LogP contribution in [0.4, 0.5) is 11.4 Å². The van der Waals surface area contributed by atoms with Crippen LogP contribution < -0.4 is 10.9 Å². The Hall–Kier alpha value is -4.21. The van der Waals surface area contributed by atoms with Crippen LogP contribution in [-0.2, 0) is 6.42 Å². The average molecular weight is 407 g/mol. The van der Waals surface area contributed by atoms with Crippen LogP contribution in [0.15, 0.2) is 65.5 Å². The van der Waals surface area contributed by atoms with Gasteiger partial charge in [-0.05, 0) is 41.8 Å². The van der Waals surface area contributed by atoms with E-state index in [0.29, 0.717) is 45.3 Å². The quantitative estimate of drug-likeness (QED) is 0.419. The molecule has 3 aromatic carbocycles. The lowest BCUT2D eigenvalue weighted by Gasteiger charge is -2.23. The van der Waals surface area contributed by atoms with Crippen molar-refractivity contribution >= 4 is 28.1 Å². The van der Waals surface area contributed by atoms with Crippen LogP contribution >= 0.6 is 0 Å². The van der Waals surface area contributed by atoms with Crippen LogP contribution in [-0.4, -0.2) is 22.5 Å². The number of hydrogen-bond donors (Lipinski definition) is 3. The Morgan fingerprint density at radius 1 is 0.935 bits per heavy atom. The van der Waals surface area contributed by atoms with Crippen LogP contribution in [0.2, 0.25) is 0 Å². The van der Waals surface area contributed by atoms with Gasteiger partial charge in [0, 0.05) is 34.3 Å². The Morgan fingerprint density at radius 2 is 1.68 bits per heavy atom. The zero-order chi connectivity index (χ0) is 21.5. The second-order valence-corrected chi connectivity index (χ2v) is 7.40. The number of hydrogen-bond acceptors (Lipinski definition) is 5. The number of fused-ring (bicyclic) bond motifs is 2. The molecule has 3 N–H and O–H groups in total. The molecule has 4 aromatic rings. The summed E-state index contributed by atoms with van der Waals surface area (Å²) in [5.74, 6) is -0.163. The van der Waals surface area contributed by atoms with E-state index in [-0.39, 0.29) is 18.0 Å². The number of nitriles is 1. The highest BCUT2D eigenvalue weighted by Gasteiger charge is 2.30. The zero-order valence-corrected chi connectivity index (χ0v) is 16.4. The number of carbonyl (C=O) groups is 1. The number of nitrogens with one attached hydrogen (secondary N) is 2. The summed E-state index contributed by atoms with van der Waals surface area (Å²) in [6.45, 7) is 0.0811. The van der Waals surface area contributed by atoms with Gasteiger partial charge in [0.1, 0.15) is 11.6 Å². The van der Waals surface area contributed by atoms with Crippen molar-refractivity contribution in [1.29, 1.82) is 5.26 Å². The number of aromatic nitrogens is 1. The Balaban J connectivity index is 1.76. The van der Waals surface area contributed by atoms with E-state index in [0.717, 1.165) is 11.3 Å². The van der Waals surface area contributed by atoms with Crippen molar-refractivity contribution in [3.05, 3.63) is 93.3 Å². The maximum atomic E-state index is 13.5. The van der Waals surface area contributed by atoms with Crippen LogP contribution in [0.5, 0.6) is 0 Å². The molecule has 150 valence electrons. The molecule has 5 rings (SSSR count). The van der Waals surface area contributed by atoms with Crippen LogP contribution in [0.25, 0.3) is 22.0 Å². The van der Waals surface area contributed by atoms with E-state index in [4.69, 9.17) is 5.11 Å². The van der Waals surface area contributed by atoms with Crippen LogP contribution in [0.3, 0.4) is 0 Å². The minimum absolute atomic E-state index is 0.000735. The molecule has 0 bridgehead atoms. The number of anilines is 2. The second kappa shape index (κ2) is 7.24. The molecule has 6 heteroatoms. The molecule has 0 unspecified atom stereocenters. The molecule has 1 aliphatic rings. The van der Waals surface area contributed by atoms with E-state index in [9.17, 15) is 14.9 Å². The van der Waals surface area contributed by atoms with Crippen molar-refractivity contribution < 1.29 is 9.90 Å². The van der Waals surface area contributed by atoms with E-state index < -0.39 is 5.56 Å². The highest BCUT2D eigenvalue weighted by atomic mass is 16.3. The maximum absolute atomic E-state index is 13.5. The second-order valence-electron chi connectivity index (χ2n) is 7.40. The summed E-state index contributed by atoms with van der Waals surface area (Å²) in [5.41, 5.74) is 4.42. The lowest BCUT2D eigenvalue weighted by Crippen LogP contribution is -2.19. The summed E-state index contributed by atoms with van der Waals surface area (Å²) < 4.78 is 0. The van der Waals surface area contributed by atoms with E-state index in [1.807, 2.05) is 30.3 Å². The molecule has 0 saturated carbocycles. The molecule has 1 aromatic heterocycles. The van der Waals surface area contributed by atoms with Crippen molar-refractivity contribution in [2.45, 2.75) is 6.42 Å². The van der Waals surface area contributed by atoms with Gasteiger partial charge in [0.15, 0.2) is 5.78 Å². The number of rotatable bonds is 4. The third kappa shape index (κ3) is 2.91. The summed E-state index contributed by atoms with van der Waals surface area (Å²) in [7, 11) is 0. The van der Waals surface area contributed by atoms with Gasteiger partial charge in [0.25, 0.3) is 5.56 Å². The first-order valence-corrected chi connectivity index (χ1v) is 9.86. The predicted molar refractivity (Wildman–Crippen MR) is 119 cm³/mol. The predicted octanol–water partition coefficient (Wildman–Crippen LogP) is 3.89. The molecule has 31 heavy (non-hydrogen) atoms. The highest BCUT2D eigenvalue weighted by Crippen LogP contribution is 2.42. The summed E-state index contributed by atoms with van der Waals surface area (Å²) in [6, 6.07) is 20.2. The summed E-state index contributed by atoms with van der Waals surface area (Å²) in [6.07, 6.45) is 0.574. The topological polar surface area (TPSA) is 106 Å². The number of carbonyl (C=O) groups excluding carboxylic acids is 1. The summed E-state index contributed by atoms with van der Waals surface area (Å²) >= 11 is 0. The highest BCUT2D eigenvalue weighted by molar-refractivity contribution is 6.28. The fraction of sp³-hybridized carbons (Fsp3) is 0.0800. The maximum Gasteiger partial charge on any atom is 0.266 e. The molecule has 0 aliphatic heterocycles. The first kappa shape index (κ1) is 18.8. The summed E-state index contributed by atoms with van der Waals surface area (Å²) in [5, 5.41) is 22.7. The number of aromatic amines is 1. The van der Waals surface area contributed by atoms with Gasteiger partial charge in [-0.2, -0.15) is 5.26 Å². The molecule has 1 aliphatic carbocycles. The van der Waals surface area contributed by atoms with Crippen molar-refractivity contribution in [1.82, 2.24) is 4.98 Å². The number of benzene rings is 3. The average Bonchev–Trinajstić information content (AvgIpc) is 2.79. The third-order valence-electron chi connectivity index (χ3n) is 5.59. The van der Waals surface area contributed by atoms with Gasteiger partial charge in [-0.1, -0.05) is 36.4 Å². The molecule has 6 nitrogen and oxygen atoms in total. The van der Waals surface area contributed by atoms with Crippen molar-refractivity contribution in [3.8, 4) is 17.2 Å². The first-order chi connectivity index (χ1) is 15.1. The monoisotopic (exact) mass is 407 g/mol. The number of nitrogens with zero attached hydrogens (tertiary/aromatic N) is 1. The molecule has 0 fully saturated rings. The van der Waals surface area contributed by atoms with Crippen molar-refractivity contribution in [2.75, 3.05) is 11.9 Å². The molecule has 0 saturated heterocycles. The van der Waals surface area contributed by atoms with Crippen molar-refractivity contribution in [3.63, 3.8) is 0 Å². The smallest absolute Gasteiger partial charge is 0.266 e. The van der Waals surface area contributed by atoms with E-state index in [2.05, 4.69) is 10.3 Å². The lowest BCUT2D eigenvalue weighted by atomic mass is 9.81. The molecule has 0 amide bonds. The minimum Gasteiger partial charge on any atom is -0.396 e. The van der Waals surface area contributed by atoms with Crippen LogP contribution in [0.1, 0.15) is 27.0 Å². The molecular formula is C25H17N3O3. The van der Waals surface area contributed by atoms with E-state index >= 15 is 0 Å². The standard InChI is InChI=1S/C25H17N3O3/c26-13-18-21-16-3-1-2-4-17(16)24(30)23-20(10-9-19(22(21)23)28-25(18)31)27-15-7-5-14(6-8-15)11-12-29/h1-10,27,29H,11-12H2,(H,28,31). The van der Waals surface area contributed by atoms with Crippen LogP contribution in [0, 0.1) is 11.3 Å². The Kier molecular flexibility index (Phi) is 4.39. The minimum atomic E-state index is -0.472. The van der Waals surface area contributed by atoms with Crippen molar-refractivity contribution in [2.24, 2.45) is 0 Å². The Bertz CT molecular complexity index is 1460. The summed E-state index contributed by atoms with van der Waals surface area (Å²) in [4.78, 5) is 28.8. The van der Waals surface area contributed by atoms with E-state index in [1.165, 1.54) is 0 Å². The van der Waals surface area contributed by atoms with E-state index in [1.54, 1.807) is 36.4 Å². The molecule has 0 atom stereocenters. The molecule has 0 spiro atoms. The fourth-order valence-corrected chi connectivity index (χ4v) is 4.18. The number of aliphatic hydroxyl groups is 1. The van der Waals surface area contributed by atoms with Gasteiger partial charge in [-0.3, -0.25) is 9.59 Å². The van der Waals surface area contributed by atoms with Gasteiger partial charge < -0.3 is 15.4 Å². The first-order valence-electron chi connectivity index (χ1n) is 9.86. The third-order valence-corrected chi connectivity index (χ3v) is 5.59. The van der Waals surface area contributed by atoms with Gasteiger partial charge in [0.2, 0.25) is 0 Å². The molecular weight excluding hydrogens is 390 g/mol. The Labute approximate surface area is 177 Å². The number of pyridine rings is 1. The largest absolute Gasteiger partial charge is 0.396 e. The van der Waals surface area contributed by atoms with Gasteiger partial charge >= 0.3 is 0 Å². The number of aliphatic hydroxyl groups excluding tert-OH is 1. The normalized spacial score (nSPS) is 11.8. The molecule has 1 heterocycles. The Morgan fingerprint density at radius 3 is 2.39 bits per heavy atom. The van der Waals surface area contributed by atoms with Gasteiger partial charge in [0.05, 0.1) is 11.3 Å². The van der Waals surface area contributed by atoms with Gasteiger partial charge in [-0.15, -0.1) is 0 Å². The van der Waals surface area contributed by atoms with Gasteiger partial charge in [-0.25, -0.2) is 0 Å².